The van der Waals surface area contributed by atoms with E-state index in [0.717, 1.165) is 11.1 Å². The van der Waals surface area contributed by atoms with E-state index in [-0.39, 0.29) is 11.8 Å². The van der Waals surface area contributed by atoms with Crippen molar-refractivity contribution in [3.63, 3.8) is 0 Å². The largest absolute Gasteiger partial charge is 0.482 e. The van der Waals surface area contributed by atoms with Crippen molar-refractivity contribution >= 4 is 28.6 Å². The molecule has 2 aromatic rings. The van der Waals surface area contributed by atoms with Crippen molar-refractivity contribution in [1.82, 2.24) is 5.48 Å². The summed E-state index contributed by atoms with van der Waals surface area (Å²) < 4.78 is 19.6. The van der Waals surface area contributed by atoms with Gasteiger partial charge in [0.1, 0.15) is 17.2 Å². The molecule has 29 heavy (non-hydrogen) atoms. The highest BCUT2D eigenvalue weighted by Gasteiger charge is 2.38. The van der Waals surface area contributed by atoms with Crippen LogP contribution in [0.15, 0.2) is 54.3 Å². The molecule has 0 saturated heterocycles. The quantitative estimate of drug-likeness (QED) is 0.615. The lowest BCUT2D eigenvalue weighted by Gasteiger charge is -2.23. The van der Waals surface area contributed by atoms with E-state index in [4.69, 9.17) is 4.74 Å². The van der Waals surface area contributed by atoms with Gasteiger partial charge in [-0.25, -0.2) is 9.87 Å². The predicted molar refractivity (Wildman–Crippen MR) is 106 cm³/mol. The summed E-state index contributed by atoms with van der Waals surface area (Å²) in [5, 5.41) is 2.68. The average Bonchev–Trinajstić information content (AvgIpc) is 3.16. The number of rotatable bonds is 3. The van der Waals surface area contributed by atoms with E-state index in [1.54, 1.807) is 18.2 Å². The van der Waals surface area contributed by atoms with Crippen molar-refractivity contribution in [2.45, 2.75) is 19.4 Å². The van der Waals surface area contributed by atoms with Crippen LogP contribution in [0.3, 0.4) is 0 Å². The second-order valence-corrected chi connectivity index (χ2v) is 7.27. The average molecular weight is 394 g/mol. The zero-order chi connectivity index (χ0) is 20.8. The van der Waals surface area contributed by atoms with E-state index in [2.05, 4.69) is 15.6 Å². The lowest BCUT2D eigenvalue weighted by molar-refractivity contribution is -0.111. The van der Waals surface area contributed by atoms with Crippen LogP contribution in [-0.2, 0) is 14.4 Å². The molecule has 0 radical (unpaired) electrons. The highest BCUT2D eigenvalue weighted by molar-refractivity contribution is 6.32. The number of ether oxygens (including phenoxy) is 1. The van der Waals surface area contributed by atoms with Crippen molar-refractivity contribution in [2.24, 2.45) is 0 Å². The van der Waals surface area contributed by atoms with Crippen LogP contribution in [0.5, 0.6) is 0 Å². The van der Waals surface area contributed by atoms with Gasteiger partial charge in [-0.05, 0) is 55.8 Å². The number of benzene rings is 2. The summed E-state index contributed by atoms with van der Waals surface area (Å²) in [4.78, 5) is 29.0. The van der Waals surface area contributed by atoms with Gasteiger partial charge in [-0.3, -0.25) is 14.4 Å². The number of anilines is 1. The summed E-state index contributed by atoms with van der Waals surface area (Å²) >= 11 is 0. The summed E-state index contributed by atoms with van der Waals surface area (Å²) in [5.41, 5.74) is 5.16. The summed E-state index contributed by atoms with van der Waals surface area (Å²) in [7, 11) is 1.37. The minimum absolute atomic E-state index is 0.333. The zero-order valence-corrected chi connectivity index (χ0v) is 16.1. The number of amides is 2. The van der Waals surface area contributed by atoms with E-state index < -0.39 is 11.4 Å². The molecule has 0 unspecified atom stereocenters. The van der Waals surface area contributed by atoms with Gasteiger partial charge in [0.05, 0.1) is 18.4 Å². The van der Waals surface area contributed by atoms with Crippen LogP contribution in [0.1, 0.15) is 35.3 Å². The van der Waals surface area contributed by atoms with Crippen LogP contribution in [0, 0.1) is 5.82 Å². The Morgan fingerprint density at radius 2 is 1.90 bits per heavy atom. The van der Waals surface area contributed by atoms with Gasteiger partial charge in [-0.15, -0.1) is 0 Å². The molecule has 2 N–H and O–H groups in total. The summed E-state index contributed by atoms with van der Waals surface area (Å²) in [6, 6.07) is 11.2. The minimum atomic E-state index is -0.693. The highest BCUT2D eigenvalue weighted by atomic mass is 19.1. The van der Waals surface area contributed by atoms with Crippen molar-refractivity contribution in [2.75, 3.05) is 12.4 Å². The number of halogens is 1. The molecule has 6 nitrogen and oxygen atoms in total. The molecule has 0 atom stereocenters. The molecule has 0 aromatic heterocycles. The predicted octanol–water partition coefficient (Wildman–Crippen LogP) is 3.67. The lowest BCUT2D eigenvalue weighted by atomic mass is 9.91. The summed E-state index contributed by atoms with van der Waals surface area (Å²) in [5.74, 6) is -0.671. The van der Waals surface area contributed by atoms with E-state index in [1.165, 1.54) is 19.2 Å². The molecule has 2 aliphatic rings. The van der Waals surface area contributed by atoms with Gasteiger partial charge in [-0.2, -0.15) is 0 Å². The molecule has 2 heterocycles. The maximum absolute atomic E-state index is 13.5. The van der Waals surface area contributed by atoms with E-state index in [0.29, 0.717) is 28.1 Å². The first-order valence-corrected chi connectivity index (χ1v) is 9.00. The van der Waals surface area contributed by atoms with Crippen molar-refractivity contribution in [3.05, 3.63) is 76.8 Å². The van der Waals surface area contributed by atoms with Crippen LogP contribution in [0.2, 0.25) is 0 Å². The molecule has 0 aliphatic carbocycles. The van der Waals surface area contributed by atoms with E-state index >= 15 is 0 Å². The maximum Gasteiger partial charge on any atom is 0.274 e. The Morgan fingerprint density at radius 3 is 2.59 bits per heavy atom. The minimum Gasteiger partial charge on any atom is -0.482 e. The molecule has 0 spiro atoms. The Morgan fingerprint density at radius 1 is 1.17 bits per heavy atom. The normalized spacial score (nSPS) is 19.3. The molecule has 2 amide bonds. The number of allylic oxidation sites excluding steroid dienone is 1. The molecule has 0 saturated carbocycles. The van der Waals surface area contributed by atoms with Crippen LogP contribution in [0.4, 0.5) is 10.1 Å². The molecule has 2 aliphatic heterocycles. The molecular formula is C22H19FN2O4. The Kier molecular flexibility index (Phi) is 4.47. The third-order valence-electron chi connectivity index (χ3n) is 4.91. The molecular weight excluding hydrogens is 375 g/mol. The maximum atomic E-state index is 13.5. The molecule has 7 heteroatoms. The highest BCUT2D eigenvalue weighted by Crippen LogP contribution is 2.44. The first-order chi connectivity index (χ1) is 13.8. The fourth-order valence-corrected chi connectivity index (χ4v) is 3.56. The zero-order valence-electron chi connectivity index (χ0n) is 16.1. The first kappa shape index (κ1) is 18.9. The number of carbonyl (C=O) groups is 2. The first-order valence-electron chi connectivity index (χ1n) is 9.00. The van der Waals surface area contributed by atoms with E-state index in [1.807, 2.05) is 32.1 Å². The van der Waals surface area contributed by atoms with Gasteiger partial charge >= 0.3 is 0 Å². The number of nitrogens with one attached hydrogen (secondary N) is 2. The van der Waals surface area contributed by atoms with Gasteiger partial charge in [0, 0.05) is 16.7 Å². The van der Waals surface area contributed by atoms with Crippen LogP contribution in [-0.4, -0.2) is 24.5 Å². The standard InChI is InChI=1S/C22H19FN2O4/c1-22(2)16(12-4-6-13(7-5-12)20(26)25-28-3)11-18(29-22)19-15-9-8-14(23)10-17(15)24-21(19)27/h4-11H,1-3H3,(H,24,27)(H,25,26)/b19-18+. The Balaban J connectivity index is 1.74. The van der Waals surface area contributed by atoms with E-state index in [9.17, 15) is 14.0 Å². The summed E-state index contributed by atoms with van der Waals surface area (Å²) in [6.07, 6.45) is 1.82. The van der Waals surface area contributed by atoms with Crippen LogP contribution in [0.25, 0.3) is 11.1 Å². The fraction of sp³-hybridized carbons (Fsp3) is 0.182. The van der Waals surface area contributed by atoms with Crippen molar-refractivity contribution in [3.8, 4) is 0 Å². The van der Waals surface area contributed by atoms with Crippen molar-refractivity contribution in [1.29, 1.82) is 0 Å². The number of hydroxylamine groups is 1. The van der Waals surface area contributed by atoms with Crippen LogP contribution >= 0.6 is 0 Å². The molecule has 0 bridgehead atoms. The molecule has 148 valence electrons. The fourth-order valence-electron chi connectivity index (χ4n) is 3.56. The molecule has 0 fully saturated rings. The number of fused-ring (bicyclic) bond motifs is 1. The Labute approximate surface area is 167 Å². The van der Waals surface area contributed by atoms with Crippen molar-refractivity contribution < 1.29 is 23.6 Å². The molecule has 4 rings (SSSR count). The second kappa shape index (κ2) is 6.86. The van der Waals surface area contributed by atoms with Gasteiger partial charge in [0.2, 0.25) is 0 Å². The Bertz CT molecular complexity index is 1080. The number of hydrogen-bond donors (Lipinski definition) is 2. The van der Waals surface area contributed by atoms with Gasteiger partial charge < -0.3 is 10.1 Å². The van der Waals surface area contributed by atoms with Crippen LogP contribution < -0.4 is 10.8 Å². The molecule has 2 aromatic carbocycles. The van der Waals surface area contributed by atoms with Gasteiger partial charge in [-0.1, -0.05) is 12.1 Å². The Hall–Kier alpha value is -3.45. The monoisotopic (exact) mass is 394 g/mol. The summed E-state index contributed by atoms with van der Waals surface area (Å²) in [6.45, 7) is 3.80. The number of carbonyl (C=O) groups excluding carboxylic acids is 2. The van der Waals surface area contributed by atoms with Gasteiger partial charge in [0.15, 0.2) is 0 Å². The lowest BCUT2D eigenvalue weighted by Crippen LogP contribution is -2.22. The topological polar surface area (TPSA) is 76.7 Å². The third kappa shape index (κ3) is 3.30. The third-order valence-corrected chi connectivity index (χ3v) is 4.91. The van der Waals surface area contributed by atoms with Gasteiger partial charge in [0.25, 0.3) is 11.8 Å². The number of hydrogen-bond acceptors (Lipinski definition) is 4. The SMILES string of the molecule is CONC(=O)c1ccc(C2=C/C(=C3\C(=O)Nc4cc(F)ccc43)OC2(C)C)cc1. The smallest absolute Gasteiger partial charge is 0.274 e. The second-order valence-electron chi connectivity index (χ2n) is 7.27.